The molecule has 210 valence electrons. The summed E-state index contributed by atoms with van der Waals surface area (Å²) in [4.78, 5) is 17.8. The van der Waals surface area contributed by atoms with Gasteiger partial charge in [0.05, 0.1) is 27.6 Å². The Morgan fingerprint density at radius 3 is 2.33 bits per heavy atom. The highest BCUT2D eigenvalue weighted by Gasteiger charge is 2.43. The van der Waals surface area contributed by atoms with Gasteiger partial charge in [0.2, 0.25) is 0 Å². The largest absolute Gasteiger partial charge is 0.391 e. The van der Waals surface area contributed by atoms with Gasteiger partial charge in [-0.15, -0.1) is 0 Å². The second-order valence-corrected chi connectivity index (χ2v) is 12.9. The average molecular weight is 564 g/mol. The van der Waals surface area contributed by atoms with E-state index < -0.39 is 28.0 Å². The van der Waals surface area contributed by atoms with Crippen molar-refractivity contribution in [3.63, 3.8) is 0 Å². The smallest absolute Gasteiger partial charge is 0.385 e. The molecule has 7 nitrogen and oxygen atoms in total. The summed E-state index contributed by atoms with van der Waals surface area (Å²) in [5.41, 5.74) is 2.49. The highest BCUT2D eigenvalue weighted by Crippen LogP contribution is 2.45. The monoisotopic (exact) mass is 563 g/mol. The lowest BCUT2D eigenvalue weighted by molar-refractivity contribution is -0.186. The van der Waals surface area contributed by atoms with Crippen molar-refractivity contribution in [1.29, 1.82) is 0 Å². The normalized spacial score (nSPS) is 21.2. The Labute approximate surface area is 225 Å². The summed E-state index contributed by atoms with van der Waals surface area (Å²) < 4.78 is 65.3. The Hall–Kier alpha value is -2.92. The minimum atomic E-state index is -4.20. The molecule has 0 spiro atoms. The van der Waals surface area contributed by atoms with Crippen LogP contribution in [0.15, 0.2) is 47.4 Å². The molecule has 1 atom stereocenters. The van der Waals surface area contributed by atoms with Gasteiger partial charge in [0, 0.05) is 18.2 Å². The lowest BCUT2D eigenvalue weighted by Gasteiger charge is -2.32. The first kappa shape index (κ1) is 27.6. The fourth-order valence-electron chi connectivity index (χ4n) is 5.42. The van der Waals surface area contributed by atoms with Gasteiger partial charge in [0.15, 0.2) is 9.84 Å². The maximum absolute atomic E-state index is 13.1. The van der Waals surface area contributed by atoms with Crippen molar-refractivity contribution in [3.8, 4) is 0 Å². The van der Waals surface area contributed by atoms with Gasteiger partial charge in [-0.05, 0) is 80.3 Å². The number of halogens is 3. The van der Waals surface area contributed by atoms with Crippen LogP contribution >= 0.6 is 0 Å². The second-order valence-electron chi connectivity index (χ2n) is 10.6. The molecule has 2 saturated carbocycles. The second kappa shape index (κ2) is 10.6. The van der Waals surface area contributed by atoms with E-state index in [2.05, 4.69) is 10.3 Å². The maximum Gasteiger partial charge on any atom is 0.391 e. The van der Waals surface area contributed by atoms with Crippen LogP contribution in [0.25, 0.3) is 11.0 Å². The fraction of sp³-hybridized carbons (Fsp3) is 0.500. The molecule has 2 fully saturated rings. The van der Waals surface area contributed by atoms with Crippen molar-refractivity contribution in [2.24, 2.45) is 11.8 Å². The maximum atomic E-state index is 13.1. The summed E-state index contributed by atoms with van der Waals surface area (Å²) in [6.45, 7) is 1.80. The zero-order chi connectivity index (χ0) is 27.9. The summed E-state index contributed by atoms with van der Waals surface area (Å²) in [6.07, 6.45) is -2.70. The van der Waals surface area contributed by atoms with E-state index in [1.54, 1.807) is 37.3 Å². The Morgan fingerprint density at radius 1 is 1.08 bits per heavy atom. The number of hydrogen-bond donors (Lipinski definition) is 2. The van der Waals surface area contributed by atoms with Gasteiger partial charge in [-0.1, -0.05) is 19.1 Å². The van der Waals surface area contributed by atoms with Crippen LogP contribution in [0.3, 0.4) is 0 Å². The number of rotatable bonds is 8. The molecular formula is C28H32F3N3O4S. The van der Waals surface area contributed by atoms with Gasteiger partial charge < -0.3 is 15.0 Å². The molecule has 1 aromatic heterocycles. The zero-order valence-electron chi connectivity index (χ0n) is 21.6. The van der Waals surface area contributed by atoms with Crippen molar-refractivity contribution in [2.75, 3.05) is 5.75 Å². The third-order valence-electron chi connectivity index (χ3n) is 7.95. The number of hydrogen-bond acceptors (Lipinski definition) is 5. The molecule has 3 aromatic rings. The minimum Gasteiger partial charge on any atom is -0.385 e. The lowest BCUT2D eigenvalue weighted by atomic mass is 9.79. The highest BCUT2D eigenvalue weighted by atomic mass is 32.2. The third kappa shape index (κ3) is 5.84. The number of aliphatic hydroxyl groups excluding tert-OH is 1. The predicted molar refractivity (Wildman–Crippen MR) is 140 cm³/mol. The van der Waals surface area contributed by atoms with Crippen molar-refractivity contribution in [1.82, 2.24) is 14.9 Å². The number of fused-ring (bicyclic) bond motifs is 1. The van der Waals surface area contributed by atoms with E-state index in [-0.39, 0.29) is 60.7 Å². The van der Waals surface area contributed by atoms with Crippen LogP contribution < -0.4 is 5.32 Å². The summed E-state index contributed by atoms with van der Waals surface area (Å²) in [6, 6.07) is 11.7. The standard InChI is InChI=1S/C28H32F3N3O4S/c1-2-39(37,38)22-12-3-17(4-13-22)16-32-27(36)19-7-14-24-23(15-19)33-26(34(24)21-10-11-21)25(35)18-5-8-20(9-6-18)28(29,30)31/h3-4,7,12-15,18,20-21,25,35H,2,5-6,8-11,16H2,1H3,(H,32,36)/t18-,20-,25?. The topological polar surface area (TPSA) is 101 Å². The first-order valence-electron chi connectivity index (χ1n) is 13.3. The van der Waals surface area contributed by atoms with Crippen LogP contribution in [0.4, 0.5) is 13.2 Å². The number of amides is 1. The molecule has 0 saturated heterocycles. The van der Waals surface area contributed by atoms with Crippen LogP contribution in [0.2, 0.25) is 0 Å². The molecule has 1 heterocycles. The molecule has 5 rings (SSSR count). The average Bonchev–Trinajstić information content (AvgIpc) is 3.70. The molecule has 39 heavy (non-hydrogen) atoms. The number of carbonyl (C=O) groups excluding carboxylic acids is 1. The Morgan fingerprint density at radius 2 is 1.74 bits per heavy atom. The molecule has 1 amide bonds. The number of aromatic nitrogens is 2. The van der Waals surface area contributed by atoms with Crippen LogP contribution in [0.1, 0.15) is 79.3 Å². The molecule has 0 aliphatic heterocycles. The summed E-state index contributed by atoms with van der Waals surface area (Å²) in [5, 5.41) is 14.0. The van der Waals surface area contributed by atoms with E-state index in [9.17, 15) is 31.5 Å². The Bertz CT molecular complexity index is 1460. The van der Waals surface area contributed by atoms with Gasteiger partial charge in [0.25, 0.3) is 5.91 Å². The van der Waals surface area contributed by atoms with E-state index in [0.717, 1.165) is 23.9 Å². The lowest BCUT2D eigenvalue weighted by Crippen LogP contribution is -2.30. The van der Waals surface area contributed by atoms with Crippen LogP contribution in [-0.2, 0) is 16.4 Å². The SMILES string of the molecule is CCS(=O)(=O)c1ccc(CNC(=O)c2ccc3c(c2)nc(C(O)[C@H]2CC[C@H](C(F)(F)F)CC2)n3C2CC2)cc1. The van der Waals surface area contributed by atoms with Gasteiger partial charge >= 0.3 is 6.18 Å². The number of carbonyl (C=O) groups is 1. The molecular weight excluding hydrogens is 531 g/mol. The van der Waals surface area contributed by atoms with Gasteiger partial charge in [0.1, 0.15) is 11.9 Å². The highest BCUT2D eigenvalue weighted by molar-refractivity contribution is 7.91. The number of nitrogens with zero attached hydrogens (tertiary/aromatic N) is 2. The molecule has 11 heteroatoms. The molecule has 2 aliphatic rings. The van der Waals surface area contributed by atoms with Crippen molar-refractivity contribution in [3.05, 3.63) is 59.4 Å². The number of aliphatic hydroxyl groups is 1. The summed E-state index contributed by atoms with van der Waals surface area (Å²) in [7, 11) is -3.29. The van der Waals surface area contributed by atoms with Gasteiger partial charge in [-0.3, -0.25) is 4.79 Å². The number of alkyl halides is 3. The van der Waals surface area contributed by atoms with E-state index in [1.807, 2.05) is 4.57 Å². The Balaban J connectivity index is 1.30. The first-order valence-corrected chi connectivity index (χ1v) is 15.0. The zero-order valence-corrected chi connectivity index (χ0v) is 22.4. The molecule has 2 N–H and O–H groups in total. The predicted octanol–water partition coefficient (Wildman–Crippen LogP) is 5.50. The number of imidazole rings is 1. The fourth-order valence-corrected chi connectivity index (χ4v) is 6.31. The third-order valence-corrected chi connectivity index (χ3v) is 9.70. The molecule has 2 aromatic carbocycles. The van der Waals surface area contributed by atoms with Crippen LogP contribution in [0.5, 0.6) is 0 Å². The summed E-state index contributed by atoms with van der Waals surface area (Å²) >= 11 is 0. The molecule has 2 aliphatic carbocycles. The van der Waals surface area contributed by atoms with E-state index in [0.29, 0.717) is 16.9 Å². The molecule has 0 bridgehead atoms. The number of nitrogens with one attached hydrogen (secondary N) is 1. The minimum absolute atomic E-state index is 0.0103. The van der Waals surface area contributed by atoms with Gasteiger partial charge in [-0.2, -0.15) is 13.2 Å². The van der Waals surface area contributed by atoms with Crippen molar-refractivity contribution >= 4 is 26.8 Å². The van der Waals surface area contributed by atoms with Gasteiger partial charge in [-0.25, -0.2) is 13.4 Å². The number of sulfone groups is 1. The molecule has 1 unspecified atom stereocenters. The van der Waals surface area contributed by atoms with Crippen LogP contribution in [-0.4, -0.2) is 40.9 Å². The van der Waals surface area contributed by atoms with E-state index in [1.165, 1.54) is 12.1 Å². The van der Waals surface area contributed by atoms with E-state index >= 15 is 0 Å². The number of benzene rings is 2. The van der Waals surface area contributed by atoms with Crippen LogP contribution in [0, 0.1) is 11.8 Å². The van der Waals surface area contributed by atoms with Crippen molar-refractivity contribution < 1.29 is 31.5 Å². The quantitative estimate of drug-likeness (QED) is 0.377. The first-order chi connectivity index (χ1) is 18.5. The van der Waals surface area contributed by atoms with E-state index in [4.69, 9.17) is 0 Å². The Kier molecular flexibility index (Phi) is 7.49. The molecule has 0 radical (unpaired) electrons. The van der Waals surface area contributed by atoms with Crippen molar-refractivity contribution in [2.45, 2.75) is 75.2 Å². The summed E-state index contributed by atoms with van der Waals surface area (Å²) in [5.74, 6) is -1.45.